The minimum absolute atomic E-state index is 0.0328. The number of anilines is 1. The van der Waals surface area contributed by atoms with Crippen LogP contribution in [-0.2, 0) is 14.9 Å². The molecule has 4 rings (SSSR count). The number of benzene rings is 2. The molecular weight excluding hydrogens is 428 g/mol. The number of rotatable bonds is 6. The number of imidazole rings is 1. The number of nitrogens with one attached hydrogen (secondary N) is 1. The average Bonchev–Trinajstić information content (AvgIpc) is 3.25. The maximum absolute atomic E-state index is 12.6. The Morgan fingerprint density at radius 1 is 1.06 bits per heavy atom. The number of hydrogen-bond donors (Lipinski definition) is 1. The van der Waals surface area contributed by atoms with Crippen LogP contribution in [0.4, 0.5) is 5.69 Å². The van der Waals surface area contributed by atoms with Crippen molar-refractivity contribution >= 4 is 27.3 Å². The van der Waals surface area contributed by atoms with Crippen molar-refractivity contribution in [3.8, 4) is 11.3 Å². The van der Waals surface area contributed by atoms with Crippen molar-refractivity contribution in [3.05, 3.63) is 84.2 Å². The van der Waals surface area contributed by atoms with Crippen LogP contribution < -0.4 is 5.32 Å². The van der Waals surface area contributed by atoms with Gasteiger partial charge in [0.1, 0.15) is 5.65 Å². The molecule has 164 valence electrons. The normalized spacial score (nSPS) is 11.8. The summed E-state index contributed by atoms with van der Waals surface area (Å²) >= 11 is 0. The third-order valence-corrected chi connectivity index (χ3v) is 6.82. The maximum atomic E-state index is 12.6. The predicted molar refractivity (Wildman–Crippen MR) is 122 cm³/mol. The van der Waals surface area contributed by atoms with Gasteiger partial charge in [-0.3, -0.25) is 9.63 Å². The van der Waals surface area contributed by atoms with E-state index in [1.54, 1.807) is 12.1 Å². The number of hydroxylamine groups is 1. The molecule has 1 N–H and O–H groups in total. The molecule has 0 unspecified atom stereocenters. The number of hydrogen-bond acceptors (Lipinski definition) is 5. The summed E-state index contributed by atoms with van der Waals surface area (Å²) in [4.78, 5) is 22.0. The lowest BCUT2D eigenvalue weighted by Gasteiger charge is -2.14. The Bertz CT molecular complexity index is 1380. The van der Waals surface area contributed by atoms with Crippen molar-refractivity contribution in [2.75, 3.05) is 19.5 Å². The molecular formula is C23H22N4O4S. The van der Waals surface area contributed by atoms with E-state index in [-0.39, 0.29) is 10.8 Å². The van der Waals surface area contributed by atoms with Gasteiger partial charge in [0, 0.05) is 36.3 Å². The van der Waals surface area contributed by atoms with E-state index in [9.17, 15) is 13.2 Å². The number of carbonyl (C=O) groups excluding carboxylic acids is 1. The van der Waals surface area contributed by atoms with E-state index in [2.05, 4.69) is 10.3 Å². The Morgan fingerprint density at radius 2 is 1.75 bits per heavy atom. The summed E-state index contributed by atoms with van der Waals surface area (Å²) in [6.07, 6.45) is 3.92. The fourth-order valence-corrected chi connectivity index (χ4v) is 4.22. The van der Waals surface area contributed by atoms with E-state index in [1.807, 2.05) is 48.0 Å². The number of sulfonamides is 1. The lowest BCUT2D eigenvalue weighted by atomic mass is 10.1. The van der Waals surface area contributed by atoms with Gasteiger partial charge in [0.15, 0.2) is 0 Å². The van der Waals surface area contributed by atoms with Gasteiger partial charge < -0.3 is 9.72 Å². The monoisotopic (exact) mass is 450 g/mol. The van der Waals surface area contributed by atoms with Gasteiger partial charge >= 0.3 is 0 Å². The van der Waals surface area contributed by atoms with E-state index >= 15 is 0 Å². The van der Waals surface area contributed by atoms with Crippen molar-refractivity contribution in [2.45, 2.75) is 11.8 Å². The Labute approximate surface area is 186 Å². The zero-order valence-corrected chi connectivity index (χ0v) is 18.6. The van der Waals surface area contributed by atoms with E-state index in [0.29, 0.717) is 11.3 Å². The van der Waals surface area contributed by atoms with Crippen molar-refractivity contribution in [2.24, 2.45) is 0 Å². The number of pyridine rings is 1. The van der Waals surface area contributed by atoms with Crippen LogP contribution in [-0.4, -0.2) is 42.3 Å². The largest absolute Gasteiger partial charge is 0.322 e. The van der Waals surface area contributed by atoms with Gasteiger partial charge in [-0.2, -0.15) is 0 Å². The molecule has 8 nitrogen and oxygen atoms in total. The Morgan fingerprint density at radius 3 is 2.38 bits per heavy atom. The number of aryl methyl sites for hydroxylation is 1. The second kappa shape index (κ2) is 8.54. The van der Waals surface area contributed by atoms with E-state index in [1.165, 1.54) is 38.4 Å². The van der Waals surface area contributed by atoms with Crippen LogP contribution in [0, 0.1) is 6.92 Å². The number of nitrogens with zero attached hydrogens (tertiary/aromatic N) is 3. The van der Waals surface area contributed by atoms with Gasteiger partial charge in [-0.05, 0) is 55.0 Å². The minimum atomic E-state index is -3.76. The highest BCUT2D eigenvalue weighted by molar-refractivity contribution is 7.89. The summed E-state index contributed by atoms with van der Waals surface area (Å²) in [5.41, 5.74) is 4.73. The van der Waals surface area contributed by atoms with Gasteiger partial charge in [0.2, 0.25) is 0 Å². The van der Waals surface area contributed by atoms with E-state index in [4.69, 9.17) is 4.84 Å². The lowest BCUT2D eigenvalue weighted by molar-refractivity contribution is -0.0258. The quantitative estimate of drug-likeness (QED) is 0.452. The molecule has 2 heterocycles. The first-order valence-corrected chi connectivity index (χ1v) is 11.2. The third-order valence-electron chi connectivity index (χ3n) is 5.13. The molecule has 0 aliphatic heterocycles. The molecule has 0 saturated carbocycles. The molecule has 0 fully saturated rings. The Balaban J connectivity index is 1.48. The molecule has 0 aliphatic carbocycles. The summed E-state index contributed by atoms with van der Waals surface area (Å²) < 4.78 is 27.2. The van der Waals surface area contributed by atoms with Gasteiger partial charge in [0.25, 0.3) is 15.9 Å². The van der Waals surface area contributed by atoms with Crippen molar-refractivity contribution in [3.63, 3.8) is 0 Å². The summed E-state index contributed by atoms with van der Waals surface area (Å²) in [6, 6.07) is 17.0. The smallest absolute Gasteiger partial charge is 0.264 e. The van der Waals surface area contributed by atoms with Crippen LogP contribution >= 0.6 is 0 Å². The average molecular weight is 451 g/mol. The maximum Gasteiger partial charge on any atom is 0.264 e. The Kier molecular flexibility index (Phi) is 5.79. The van der Waals surface area contributed by atoms with Crippen molar-refractivity contribution in [1.82, 2.24) is 13.9 Å². The van der Waals surface area contributed by atoms with Crippen LogP contribution in [0.25, 0.3) is 16.9 Å². The lowest BCUT2D eigenvalue weighted by Crippen LogP contribution is -2.25. The number of carbonyl (C=O) groups is 1. The Hall–Kier alpha value is -3.53. The van der Waals surface area contributed by atoms with Gasteiger partial charge in [-0.1, -0.05) is 22.7 Å². The predicted octanol–water partition coefficient (Wildman–Crippen LogP) is 3.74. The number of fused-ring (bicyclic) bond motifs is 1. The molecule has 32 heavy (non-hydrogen) atoms. The zero-order chi connectivity index (χ0) is 22.9. The first-order valence-electron chi connectivity index (χ1n) is 9.79. The highest BCUT2D eigenvalue weighted by Crippen LogP contribution is 2.23. The second-order valence-corrected chi connectivity index (χ2v) is 9.14. The standard InChI is InChI=1S/C23H22N4O4S/c1-16-5-4-14-27-15-21(25-22(16)27)17-6-10-19(11-7-17)24-23(28)18-8-12-20(13-9-18)32(29,30)26(2)31-3/h4-15H,1-3H3,(H,24,28). The number of aromatic nitrogens is 2. The summed E-state index contributed by atoms with van der Waals surface area (Å²) in [6.45, 7) is 2.02. The van der Waals surface area contributed by atoms with E-state index < -0.39 is 10.0 Å². The molecule has 0 aliphatic rings. The number of amides is 1. The molecule has 0 radical (unpaired) electrons. The zero-order valence-electron chi connectivity index (χ0n) is 17.8. The van der Waals surface area contributed by atoms with Crippen molar-refractivity contribution < 1.29 is 18.0 Å². The molecule has 1 amide bonds. The first-order chi connectivity index (χ1) is 15.3. The van der Waals surface area contributed by atoms with Crippen LogP contribution in [0.2, 0.25) is 0 Å². The van der Waals surface area contributed by atoms with Gasteiger partial charge in [-0.15, -0.1) is 0 Å². The highest BCUT2D eigenvalue weighted by atomic mass is 32.2. The highest BCUT2D eigenvalue weighted by Gasteiger charge is 2.21. The molecule has 2 aromatic heterocycles. The summed E-state index contributed by atoms with van der Waals surface area (Å²) in [7, 11) is -1.20. The molecule has 0 atom stereocenters. The van der Waals surface area contributed by atoms with Crippen LogP contribution in [0.15, 0.2) is 78.0 Å². The first kappa shape index (κ1) is 21.7. The van der Waals surface area contributed by atoms with Crippen molar-refractivity contribution in [1.29, 1.82) is 0 Å². The van der Waals surface area contributed by atoms with Crippen LogP contribution in [0.5, 0.6) is 0 Å². The molecule has 4 aromatic rings. The van der Waals surface area contributed by atoms with Gasteiger partial charge in [-0.25, -0.2) is 13.4 Å². The molecule has 9 heteroatoms. The molecule has 0 bridgehead atoms. The third kappa shape index (κ3) is 4.13. The second-order valence-electron chi connectivity index (χ2n) is 7.20. The van der Waals surface area contributed by atoms with Crippen LogP contribution in [0.3, 0.4) is 0 Å². The summed E-state index contributed by atoms with van der Waals surface area (Å²) in [5.74, 6) is -0.342. The van der Waals surface area contributed by atoms with E-state index in [0.717, 1.165) is 26.9 Å². The fraction of sp³-hybridized carbons (Fsp3) is 0.130. The van der Waals surface area contributed by atoms with Crippen LogP contribution in [0.1, 0.15) is 15.9 Å². The minimum Gasteiger partial charge on any atom is -0.322 e. The topological polar surface area (TPSA) is 93.0 Å². The SMILES string of the molecule is CON(C)S(=O)(=O)c1ccc(C(=O)Nc2ccc(-c3cn4cccc(C)c4n3)cc2)cc1. The molecule has 2 aromatic carbocycles. The fourth-order valence-electron chi connectivity index (χ4n) is 3.25. The molecule has 0 saturated heterocycles. The summed E-state index contributed by atoms with van der Waals surface area (Å²) in [5, 5.41) is 2.82. The molecule has 0 spiro atoms. The van der Waals surface area contributed by atoms with Gasteiger partial charge in [0.05, 0.1) is 17.7 Å².